The van der Waals surface area contributed by atoms with E-state index in [1.165, 1.54) is 5.56 Å². The van der Waals surface area contributed by atoms with Crippen LogP contribution in [-0.4, -0.2) is 40.2 Å². The first-order chi connectivity index (χ1) is 16.0. The van der Waals surface area contributed by atoms with Gasteiger partial charge in [-0.1, -0.05) is 75.4 Å². The standard InChI is InChI=1S/C30H38N2O2/c1-22(2)24-11-13-26(14-12-24)30(34,28(3)20-32(5)21-28)27-17-23(18-31-19-27)15-16-29(4,33)25-9-7-6-8-10-25/h6-14,17-19,22,33-34H,15-16,20-21H2,1-5H3/t29?,30-/m0/s1. The lowest BCUT2D eigenvalue weighted by molar-refractivity contribution is -0.127. The van der Waals surface area contributed by atoms with Crippen molar-refractivity contribution in [3.05, 3.63) is 101 Å². The lowest BCUT2D eigenvalue weighted by Crippen LogP contribution is -2.63. The van der Waals surface area contributed by atoms with Crippen LogP contribution in [0.3, 0.4) is 0 Å². The van der Waals surface area contributed by atoms with E-state index in [0.717, 1.165) is 35.3 Å². The second-order valence-electron chi connectivity index (χ2n) is 10.9. The number of rotatable bonds is 8. The topological polar surface area (TPSA) is 56.6 Å². The summed E-state index contributed by atoms with van der Waals surface area (Å²) in [6, 6.07) is 20.3. The maximum absolute atomic E-state index is 12.4. The molecule has 2 atom stereocenters. The van der Waals surface area contributed by atoms with Crippen LogP contribution >= 0.6 is 0 Å². The van der Waals surface area contributed by atoms with Gasteiger partial charge in [-0.15, -0.1) is 0 Å². The fourth-order valence-corrected chi connectivity index (χ4v) is 5.50. The van der Waals surface area contributed by atoms with E-state index in [-0.39, 0.29) is 5.41 Å². The predicted molar refractivity (Wildman–Crippen MR) is 138 cm³/mol. The van der Waals surface area contributed by atoms with Crippen LogP contribution in [0.5, 0.6) is 0 Å². The molecule has 2 aromatic carbocycles. The lowest BCUT2D eigenvalue weighted by atomic mass is 9.62. The number of hydrogen-bond acceptors (Lipinski definition) is 4. The van der Waals surface area contributed by atoms with Gasteiger partial charge in [0.05, 0.1) is 5.60 Å². The first kappa shape index (κ1) is 24.6. The average Bonchev–Trinajstić information content (AvgIpc) is 2.82. The fraction of sp³-hybridized carbons (Fsp3) is 0.433. The van der Waals surface area contributed by atoms with Crippen LogP contribution < -0.4 is 0 Å². The number of aryl methyl sites for hydroxylation is 1. The van der Waals surface area contributed by atoms with Gasteiger partial charge in [-0.2, -0.15) is 0 Å². The summed E-state index contributed by atoms with van der Waals surface area (Å²) >= 11 is 0. The maximum Gasteiger partial charge on any atom is 0.124 e. The summed E-state index contributed by atoms with van der Waals surface area (Å²) in [4.78, 5) is 6.77. The molecule has 0 aliphatic carbocycles. The van der Waals surface area contributed by atoms with E-state index in [2.05, 4.69) is 68.0 Å². The Morgan fingerprint density at radius 3 is 2.18 bits per heavy atom. The molecule has 3 aromatic rings. The van der Waals surface area contributed by atoms with E-state index in [0.29, 0.717) is 18.8 Å². The molecule has 0 saturated carbocycles. The van der Waals surface area contributed by atoms with Crippen LogP contribution in [0.2, 0.25) is 0 Å². The van der Waals surface area contributed by atoms with E-state index in [1.807, 2.05) is 43.5 Å². The van der Waals surface area contributed by atoms with Gasteiger partial charge in [-0.05, 0) is 61.1 Å². The average molecular weight is 459 g/mol. The Labute approximate surface area is 204 Å². The van der Waals surface area contributed by atoms with E-state index >= 15 is 0 Å². The summed E-state index contributed by atoms with van der Waals surface area (Å²) in [5, 5.41) is 23.5. The number of hydrogen-bond donors (Lipinski definition) is 2. The molecule has 0 radical (unpaired) electrons. The fourth-order valence-electron chi connectivity index (χ4n) is 5.50. The molecule has 2 heterocycles. The molecule has 0 bridgehead atoms. The highest BCUT2D eigenvalue weighted by Gasteiger charge is 2.55. The number of benzene rings is 2. The minimum atomic E-state index is -1.15. The van der Waals surface area contributed by atoms with Gasteiger partial charge in [0.15, 0.2) is 0 Å². The van der Waals surface area contributed by atoms with Crippen LogP contribution in [0.15, 0.2) is 73.1 Å². The maximum atomic E-state index is 12.4. The number of likely N-dealkylation sites (tertiary alicyclic amines) is 1. The molecule has 1 aromatic heterocycles. The first-order valence-corrected chi connectivity index (χ1v) is 12.3. The zero-order valence-electron chi connectivity index (χ0n) is 21.1. The van der Waals surface area contributed by atoms with Gasteiger partial charge in [0, 0.05) is 36.5 Å². The van der Waals surface area contributed by atoms with Gasteiger partial charge in [0.1, 0.15) is 5.60 Å². The van der Waals surface area contributed by atoms with Crippen LogP contribution in [0.1, 0.15) is 67.9 Å². The largest absolute Gasteiger partial charge is 0.385 e. The Balaban J connectivity index is 1.66. The Kier molecular flexibility index (Phi) is 6.69. The van der Waals surface area contributed by atoms with Crippen LogP contribution in [-0.2, 0) is 17.6 Å². The van der Waals surface area contributed by atoms with Crippen molar-refractivity contribution < 1.29 is 10.2 Å². The quantitative estimate of drug-likeness (QED) is 0.485. The van der Waals surface area contributed by atoms with Crippen molar-refractivity contribution in [3.63, 3.8) is 0 Å². The van der Waals surface area contributed by atoms with Crippen molar-refractivity contribution in [3.8, 4) is 0 Å². The van der Waals surface area contributed by atoms with Gasteiger partial charge in [-0.25, -0.2) is 0 Å². The normalized spacial score (nSPS) is 19.3. The third-order valence-electron chi connectivity index (χ3n) is 7.62. The molecular weight excluding hydrogens is 420 g/mol. The van der Waals surface area contributed by atoms with Crippen LogP contribution in [0, 0.1) is 5.41 Å². The highest BCUT2D eigenvalue weighted by Crippen LogP contribution is 2.50. The summed E-state index contributed by atoms with van der Waals surface area (Å²) < 4.78 is 0. The molecule has 1 aliphatic rings. The molecule has 2 N–H and O–H groups in total. The molecular formula is C30H38N2O2. The van der Waals surface area contributed by atoms with Crippen LogP contribution in [0.25, 0.3) is 0 Å². The number of pyridine rings is 1. The summed E-state index contributed by atoms with van der Waals surface area (Å²) in [5.74, 6) is 0.440. The predicted octanol–water partition coefficient (Wildman–Crippen LogP) is 5.23. The molecule has 0 amide bonds. The second-order valence-corrected chi connectivity index (χ2v) is 10.9. The SMILES string of the molecule is CC(C)c1ccc([C@](O)(c2cncc(CCC(C)(O)c3ccccc3)c2)C2(C)CN(C)C2)cc1. The summed E-state index contributed by atoms with van der Waals surface area (Å²) in [5.41, 5.74) is 2.50. The molecule has 1 fully saturated rings. The Hall–Kier alpha value is -2.53. The van der Waals surface area contributed by atoms with Crippen molar-refractivity contribution >= 4 is 0 Å². The summed E-state index contributed by atoms with van der Waals surface area (Å²) in [6.07, 6.45) is 4.90. The van der Waals surface area contributed by atoms with Gasteiger partial charge in [-0.3, -0.25) is 4.98 Å². The minimum Gasteiger partial charge on any atom is -0.385 e. The second kappa shape index (κ2) is 9.26. The van der Waals surface area contributed by atoms with Gasteiger partial charge >= 0.3 is 0 Å². The van der Waals surface area contributed by atoms with Crippen molar-refractivity contribution in [2.24, 2.45) is 5.41 Å². The molecule has 180 valence electrons. The van der Waals surface area contributed by atoms with E-state index in [9.17, 15) is 10.2 Å². The molecule has 1 saturated heterocycles. The molecule has 4 rings (SSSR count). The Bertz CT molecular complexity index is 1100. The van der Waals surface area contributed by atoms with Crippen molar-refractivity contribution in [2.45, 2.75) is 57.7 Å². The van der Waals surface area contributed by atoms with Gasteiger partial charge < -0.3 is 15.1 Å². The molecule has 0 spiro atoms. The Morgan fingerprint density at radius 2 is 1.59 bits per heavy atom. The molecule has 4 nitrogen and oxygen atoms in total. The minimum absolute atomic E-state index is 0.322. The lowest BCUT2D eigenvalue weighted by Gasteiger charge is -2.56. The number of aliphatic hydroxyl groups is 2. The monoisotopic (exact) mass is 458 g/mol. The molecule has 34 heavy (non-hydrogen) atoms. The van der Waals surface area contributed by atoms with Gasteiger partial charge in [0.2, 0.25) is 0 Å². The zero-order chi connectivity index (χ0) is 24.6. The highest BCUT2D eigenvalue weighted by atomic mass is 16.3. The van der Waals surface area contributed by atoms with Crippen molar-refractivity contribution in [2.75, 3.05) is 20.1 Å². The van der Waals surface area contributed by atoms with Crippen molar-refractivity contribution in [1.29, 1.82) is 0 Å². The summed E-state index contributed by atoms with van der Waals surface area (Å²) in [6.45, 7) is 10.0. The first-order valence-electron chi connectivity index (χ1n) is 12.3. The van der Waals surface area contributed by atoms with Gasteiger partial charge in [0.25, 0.3) is 0 Å². The zero-order valence-corrected chi connectivity index (χ0v) is 21.1. The Morgan fingerprint density at radius 1 is 0.941 bits per heavy atom. The van der Waals surface area contributed by atoms with E-state index < -0.39 is 11.2 Å². The van der Waals surface area contributed by atoms with E-state index in [1.54, 1.807) is 6.20 Å². The van der Waals surface area contributed by atoms with Crippen molar-refractivity contribution in [1.82, 2.24) is 9.88 Å². The van der Waals surface area contributed by atoms with E-state index in [4.69, 9.17) is 0 Å². The number of aromatic nitrogens is 1. The highest BCUT2D eigenvalue weighted by molar-refractivity contribution is 5.42. The third kappa shape index (κ3) is 4.55. The molecule has 1 unspecified atom stereocenters. The third-order valence-corrected chi connectivity index (χ3v) is 7.62. The molecule has 1 aliphatic heterocycles. The summed E-state index contributed by atoms with van der Waals surface area (Å²) in [7, 11) is 2.09. The molecule has 4 heteroatoms. The number of nitrogens with zero attached hydrogens (tertiary/aromatic N) is 2. The smallest absolute Gasteiger partial charge is 0.124 e. The van der Waals surface area contributed by atoms with Crippen LogP contribution in [0.4, 0.5) is 0 Å².